The number of carbonyl (C=O) groups is 1. The van der Waals surface area contributed by atoms with Crippen molar-refractivity contribution in [1.29, 1.82) is 0 Å². The summed E-state index contributed by atoms with van der Waals surface area (Å²) in [5, 5.41) is 2.09. The predicted octanol–water partition coefficient (Wildman–Crippen LogP) is 1.63. The topological polar surface area (TPSA) is 32.3 Å². The van der Waals surface area contributed by atoms with Gasteiger partial charge in [-0.05, 0) is 25.8 Å². The van der Waals surface area contributed by atoms with Gasteiger partial charge in [0.05, 0.1) is 0 Å². The van der Waals surface area contributed by atoms with Crippen molar-refractivity contribution in [2.45, 2.75) is 50.1 Å². The van der Waals surface area contributed by atoms with E-state index in [2.05, 4.69) is 10.2 Å². The van der Waals surface area contributed by atoms with Crippen molar-refractivity contribution in [1.82, 2.24) is 10.2 Å². The van der Waals surface area contributed by atoms with Gasteiger partial charge in [0.2, 0.25) is 0 Å². The Balaban J connectivity index is 1.96. The number of alkyl halides is 4. The molecule has 7 heteroatoms. The van der Waals surface area contributed by atoms with Crippen molar-refractivity contribution < 1.29 is 22.4 Å². The van der Waals surface area contributed by atoms with Crippen LogP contribution in [0.5, 0.6) is 0 Å². The fraction of sp³-hybridized carbons (Fsp3) is 0.909. The summed E-state index contributed by atoms with van der Waals surface area (Å²) < 4.78 is 49.8. The first-order chi connectivity index (χ1) is 8.43. The van der Waals surface area contributed by atoms with Crippen LogP contribution in [-0.4, -0.2) is 48.3 Å². The highest BCUT2D eigenvalue weighted by Gasteiger charge is 2.50. The van der Waals surface area contributed by atoms with E-state index in [1.54, 1.807) is 0 Å². The molecule has 0 bridgehead atoms. The van der Waals surface area contributed by atoms with E-state index < -0.39 is 24.3 Å². The lowest BCUT2D eigenvalue weighted by Gasteiger charge is -2.33. The van der Waals surface area contributed by atoms with Crippen LogP contribution in [0.15, 0.2) is 0 Å². The molecule has 104 valence electrons. The number of hydrogen-bond donors (Lipinski definition) is 1. The third-order valence-corrected chi connectivity index (χ3v) is 3.75. The Kier molecular flexibility index (Phi) is 3.79. The molecule has 0 aromatic carbocycles. The van der Waals surface area contributed by atoms with E-state index >= 15 is 0 Å². The van der Waals surface area contributed by atoms with Gasteiger partial charge in [0.25, 0.3) is 5.91 Å². The van der Waals surface area contributed by atoms with E-state index in [9.17, 15) is 22.4 Å². The maximum atomic E-state index is 12.8. The Labute approximate surface area is 103 Å². The molecule has 2 atom stereocenters. The zero-order valence-corrected chi connectivity index (χ0v) is 9.84. The van der Waals surface area contributed by atoms with E-state index in [1.807, 2.05) is 0 Å². The Morgan fingerprint density at radius 1 is 1.22 bits per heavy atom. The van der Waals surface area contributed by atoms with Crippen LogP contribution in [0.3, 0.4) is 0 Å². The molecule has 2 aliphatic rings. The molecule has 2 saturated heterocycles. The predicted molar refractivity (Wildman–Crippen MR) is 56.7 cm³/mol. The third-order valence-electron chi connectivity index (χ3n) is 3.75. The van der Waals surface area contributed by atoms with Crippen LogP contribution in [-0.2, 0) is 4.79 Å². The van der Waals surface area contributed by atoms with Crippen molar-refractivity contribution >= 4 is 5.91 Å². The zero-order chi connectivity index (χ0) is 13.3. The third kappa shape index (κ3) is 2.46. The van der Waals surface area contributed by atoms with Gasteiger partial charge in [0.15, 0.2) is 0 Å². The van der Waals surface area contributed by atoms with Gasteiger partial charge in [0.1, 0.15) is 0 Å². The molecule has 0 spiro atoms. The molecule has 2 unspecified atom stereocenters. The number of fused-ring (bicyclic) bond motifs is 1. The number of halogens is 4. The number of hydrogen-bond acceptors (Lipinski definition) is 2. The Morgan fingerprint density at radius 2 is 1.94 bits per heavy atom. The van der Waals surface area contributed by atoms with Gasteiger partial charge in [-0.3, -0.25) is 9.69 Å². The van der Waals surface area contributed by atoms with Gasteiger partial charge < -0.3 is 5.32 Å². The minimum absolute atomic E-state index is 0.0242. The number of piperidine rings is 1. The van der Waals surface area contributed by atoms with Crippen LogP contribution in [0.25, 0.3) is 0 Å². The lowest BCUT2D eigenvalue weighted by Crippen LogP contribution is -2.53. The fourth-order valence-electron chi connectivity index (χ4n) is 2.78. The average molecular weight is 268 g/mol. The standard InChI is InChI=1S/C11H16F4N2O/c12-9(13)11(14,15)10(18)16-7-4-6-17-5-2-1-3-8(7)17/h7-9H,1-6H2,(H,16,18). The summed E-state index contributed by atoms with van der Waals surface area (Å²) in [4.78, 5) is 13.3. The lowest BCUT2D eigenvalue weighted by atomic mass is 9.99. The molecule has 0 radical (unpaired) electrons. The van der Waals surface area contributed by atoms with Crippen LogP contribution in [0.2, 0.25) is 0 Å². The monoisotopic (exact) mass is 268 g/mol. The summed E-state index contributed by atoms with van der Waals surface area (Å²) >= 11 is 0. The van der Waals surface area contributed by atoms with E-state index in [4.69, 9.17) is 0 Å². The molecule has 18 heavy (non-hydrogen) atoms. The van der Waals surface area contributed by atoms with Crippen molar-refractivity contribution in [2.24, 2.45) is 0 Å². The van der Waals surface area contributed by atoms with Gasteiger partial charge in [-0.25, -0.2) is 8.78 Å². The van der Waals surface area contributed by atoms with Crippen LogP contribution in [0.4, 0.5) is 17.6 Å². The fourth-order valence-corrected chi connectivity index (χ4v) is 2.78. The number of nitrogens with zero attached hydrogens (tertiary/aromatic N) is 1. The zero-order valence-electron chi connectivity index (χ0n) is 9.84. The maximum Gasteiger partial charge on any atom is 0.383 e. The summed E-state index contributed by atoms with van der Waals surface area (Å²) in [6, 6.07) is -0.404. The number of nitrogens with one attached hydrogen (secondary N) is 1. The Hall–Kier alpha value is -0.850. The second kappa shape index (κ2) is 5.03. The molecule has 2 fully saturated rings. The largest absolute Gasteiger partial charge is 0.383 e. The SMILES string of the molecule is O=C(NC1CCN2CCCCC12)C(F)(F)C(F)F. The molecular weight excluding hydrogens is 252 g/mol. The van der Waals surface area contributed by atoms with E-state index in [1.165, 1.54) is 0 Å². The van der Waals surface area contributed by atoms with Crippen LogP contribution < -0.4 is 5.32 Å². The molecule has 2 rings (SSSR count). The summed E-state index contributed by atoms with van der Waals surface area (Å²) in [5.74, 6) is -6.45. The smallest absolute Gasteiger partial charge is 0.346 e. The normalized spacial score (nSPS) is 29.4. The summed E-state index contributed by atoms with van der Waals surface area (Å²) in [6.07, 6.45) is -0.536. The summed E-state index contributed by atoms with van der Waals surface area (Å²) in [6.45, 7) is 1.62. The minimum atomic E-state index is -4.60. The molecular formula is C11H16F4N2O. The van der Waals surface area contributed by atoms with E-state index in [-0.39, 0.29) is 6.04 Å². The van der Waals surface area contributed by atoms with Crippen LogP contribution >= 0.6 is 0 Å². The molecule has 0 aromatic heterocycles. The number of amides is 1. The van der Waals surface area contributed by atoms with Gasteiger partial charge in [0, 0.05) is 18.6 Å². The van der Waals surface area contributed by atoms with Crippen molar-refractivity contribution in [3.05, 3.63) is 0 Å². The molecule has 0 saturated carbocycles. The number of carbonyl (C=O) groups excluding carboxylic acids is 1. The van der Waals surface area contributed by atoms with E-state index in [0.29, 0.717) is 6.42 Å². The first-order valence-electron chi connectivity index (χ1n) is 6.14. The minimum Gasteiger partial charge on any atom is -0.346 e. The molecule has 2 aliphatic heterocycles. The molecule has 0 aromatic rings. The Morgan fingerprint density at radius 3 is 2.61 bits per heavy atom. The first-order valence-corrected chi connectivity index (χ1v) is 6.14. The lowest BCUT2D eigenvalue weighted by molar-refractivity contribution is -0.170. The Bertz CT molecular complexity index is 324. The average Bonchev–Trinajstić information content (AvgIpc) is 2.72. The quantitative estimate of drug-likeness (QED) is 0.789. The molecule has 2 heterocycles. The van der Waals surface area contributed by atoms with Crippen molar-refractivity contribution in [2.75, 3.05) is 13.1 Å². The second-order valence-corrected chi connectivity index (χ2v) is 4.89. The summed E-state index contributed by atoms with van der Waals surface area (Å²) in [5.41, 5.74) is 0. The maximum absolute atomic E-state index is 12.8. The van der Waals surface area contributed by atoms with Crippen LogP contribution in [0, 0.1) is 0 Å². The van der Waals surface area contributed by atoms with E-state index in [0.717, 1.165) is 32.4 Å². The van der Waals surface area contributed by atoms with Gasteiger partial charge in [-0.1, -0.05) is 6.42 Å². The first kappa shape index (κ1) is 13.6. The molecule has 0 aliphatic carbocycles. The van der Waals surface area contributed by atoms with Crippen LogP contribution in [0.1, 0.15) is 25.7 Å². The molecule has 3 nitrogen and oxygen atoms in total. The second-order valence-electron chi connectivity index (χ2n) is 4.89. The highest BCUT2D eigenvalue weighted by Crippen LogP contribution is 2.29. The van der Waals surface area contributed by atoms with Gasteiger partial charge >= 0.3 is 12.3 Å². The molecule has 1 amide bonds. The van der Waals surface area contributed by atoms with Crippen molar-refractivity contribution in [3.8, 4) is 0 Å². The van der Waals surface area contributed by atoms with Crippen molar-refractivity contribution in [3.63, 3.8) is 0 Å². The van der Waals surface area contributed by atoms with Gasteiger partial charge in [-0.15, -0.1) is 0 Å². The number of rotatable bonds is 3. The highest BCUT2D eigenvalue weighted by molar-refractivity contribution is 5.84. The highest BCUT2D eigenvalue weighted by atomic mass is 19.3. The van der Waals surface area contributed by atoms with Gasteiger partial charge in [-0.2, -0.15) is 8.78 Å². The summed E-state index contributed by atoms with van der Waals surface area (Å²) in [7, 11) is 0. The molecule has 1 N–H and O–H groups in total.